The molecule has 0 spiro atoms. The second-order valence-corrected chi connectivity index (χ2v) is 7.06. The summed E-state index contributed by atoms with van der Waals surface area (Å²) in [6, 6.07) is 13.4. The Balaban J connectivity index is 2.36. The molecule has 0 heteroatoms. The van der Waals surface area contributed by atoms with Crippen molar-refractivity contribution in [1.82, 2.24) is 0 Å². The fraction of sp³-hybridized carbons (Fsp3) is 0.478. The molecule has 0 aliphatic heterocycles. The van der Waals surface area contributed by atoms with Crippen molar-refractivity contribution in [3.8, 4) is 0 Å². The van der Waals surface area contributed by atoms with E-state index in [4.69, 9.17) is 0 Å². The van der Waals surface area contributed by atoms with Gasteiger partial charge in [-0.25, -0.2) is 0 Å². The highest BCUT2D eigenvalue weighted by Crippen LogP contribution is 2.38. The van der Waals surface area contributed by atoms with Crippen LogP contribution in [-0.4, -0.2) is 0 Å². The van der Waals surface area contributed by atoms with E-state index < -0.39 is 0 Å². The number of benzene rings is 2. The molecular formula is C23H32. The van der Waals surface area contributed by atoms with Crippen LogP contribution in [0, 0.1) is 27.7 Å². The topological polar surface area (TPSA) is 0 Å². The van der Waals surface area contributed by atoms with Gasteiger partial charge in [-0.1, -0.05) is 50.2 Å². The van der Waals surface area contributed by atoms with Crippen molar-refractivity contribution >= 4 is 0 Å². The van der Waals surface area contributed by atoms with Gasteiger partial charge in [0.25, 0.3) is 0 Å². The van der Waals surface area contributed by atoms with Gasteiger partial charge in [0.2, 0.25) is 0 Å². The Kier molecular flexibility index (Phi) is 6.04. The molecule has 0 fully saturated rings. The number of aryl methyl sites for hydroxylation is 4. The lowest BCUT2D eigenvalue weighted by Gasteiger charge is -2.27. The van der Waals surface area contributed by atoms with E-state index in [0.717, 1.165) is 0 Å². The highest BCUT2D eigenvalue weighted by atomic mass is 14.3. The molecular weight excluding hydrogens is 276 g/mol. The Morgan fingerprint density at radius 1 is 0.609 bits per heavy atom. The Bertz CT molecular complexity index is 553. The molecule has 0 saturated carbocycles. The molecule has 124 valence electrons. The Labute approximate surface area is 143 Å². The maximum absolute atomic E-state index is 2.34. The average molecular weight is 309 g/mol. The van der Waals surface area contributed by atoms with Gasteiger partial charge in [-0.2, -0.15) is 0 Å². The summed E-state index contributed by atoms with van der Waals surface area (Å²) in [6.07, 6.45) is 3.69. The zero-order chi connectivity index (χ0) is 17.0. The zero-order valence-corrected chi connectivity index (χ0v) is 15.7. The van der Waals surface area contributed by atoms with Crippen LogP contribution in [0.1, 0.15) is 78.3 Å². The monoisotopic (exact) mass is 308 g/mol. The van der Waals surface area contributed by atoms with Gasteiger partial charge >= 0.3 is 0 Å². The minimum Gasteiger partial charge on any atom is -0.0648 e. The Morgan fingerprint density at radius 2 is 0.913 bits per heavy atom. The number of hydrogen-bond donors (Lipinski definition) is 0. The van der Waals surface area contributed by atoms with Crippen molar-refractivity contribution in [3.05, 3.63) is 69.8 Å². The van der Waals surface area contributed by atoms with Crippen LogP contribution >= 0.6 is 0 Å². The summed E-state index contributed by atoms with van der Waals surface area (Å²) in [6.45, 7) is 13.8. The summed E-state index contributed by atoms with van der Waals surface area (Å²) in [5.74, 6) is 1.31. The molecule has 0 saturated heterocycles. The predicted molar refractivity (Wildman–Crippen MR) is 103 cm³/mol. The quantitative estimate of drug-likeness (QED) is 0.539. The van der Waals surface area contributed by atoms with Crippen molar-refractivity contribution in [2.24, 2.45) is 0 Å². The van der Waals surface area contributed by atoms with E-state index in [0.29, 0.717) is 11.8 Å². The van der Waals surface area contributed by atoms with Crippen LogP contribution < -0.4 is 0 Å². The highest BCUT2D eigenvalue weighted by molar-refractivity contribution is 5.39. The zero-order valence-electron chi connectivity index (χ0n) is 15.7. The highest BCUT2D eigenvalue weighted by Gasteiger charge is 2.22. The molecule has 2 unspecified atom stereocenters. The second kappa shape index (κ2) is 7.81. The average Bonchev–Trinajstić information content (AvgIpc) is 2.51. The van der Waals surface area contributed by atoms with Crippen molar-refractivity contribution < 1.29 is 0 Å². The molecule has 2 rings (SSSR count). The third-order valence-corrected chi connectivity index (χ3v) is 5.46. The lowest BCUT2D eigenvalue weighted by Crippen LogP contribution is -2.10. The van der Waals surface area contributed by atoms with Crippen LogP contribution in [0.25, 0.3) is 0 Å². The third-order valence-electron chi connectivity index (χ3n) is 5.46. The first-order chi connectivity index (χ1) is 11.0. The summed E-state index contributed by atoms with van der Waals surface area (Å²) in [5.41, 5.74) is 8.97. The van der Waals surface area contributed by atoms with Crippen molar-refractivity contribution in [1.29, 1.82) is 0 Å². The lowest BCUT2D eigenvalue weighted by atomic mass is 9.78. The van der Waals surface area contributed by atoms with Crippen LogP contribution in [-0.2, 0) is 0 Å². The van der Waals surface area contributed by atoms with Crippen LogP contribution in [0.4, 0.5) is 0 Å². The Morgan fingerprint density at radius 3 is 1.17 bits per heavy atom. The molecule has 0 N–H and O–H groups in total. The van der Waals surface area contributed by atoms with E-state index >= 15 is 0 Å². The summed E-state index contributed by atoms with van der Waals surface area (Å²) in [4.78, 5) is 0. The minimum atomic E-state index is 0.653. The van der Waals surface area contributed by atoms with Gasteiger partial charge in [-0.05, 0) is 92.2 Å². The molecule has 0 radical (unpaired) electrons. The largest absolute Gasteiger partial charge is 0.0648 e. The van der Waals surface area contributed by atoms with E-state index in [2.05, 4.69) is 77.9 Å². The van der Waals surface area contributed by atoms with E-state index in [1.54, 1.807) is 11.1 Å². The maximum Gasteiger partial charge on any atom is -0.0154 e. The van der Waals surface area contributed by atoms with Crippen molar-refractivity contribution in [2.45, 2.75) is 72.6 Å². The van der Waals surface area contributed by atoms with Crippen LogP contribution in [0.2, 0.25) is 0 Å². The van der Waals surface area contributed by atoms with Crippen molar-refractivity contribution in [2.75, 3.05) is 0 Å². The van der Waals surface area contributed by atoms with Gasteiger partial charge in [0, 0.05) is 0 Å². The first-order valence-electron chi connectivity index (χ1n) is 9.11. The smallest absolute Gasteiger partial charge is 0.0154 e. The second-order valence-electron chi connectivity index (χ2n) is 7.06. The standard InChI is InChI=1S/C23H32/c1-7-20(22-16(3)11-9-12-17(22)4)15-21(8-2)23-18(5)13-10-14-19(23)6/h9-14,20-21H,7-8,15H2,1-6H3. The molecule has 23 heavy (non-hydrogen) atoms. The summed E-state index contributed by atoms with van der Waals surface area (Å²) < 4.78 is 0. The predicted octanol–water partition coefficient (Wildman–Crippen LogP) is 7.00. The normalized spacial score (nSPS) is 13.8. The summed E-state index contributed by atoms with van der Waals surface area (Å²) >= 11 is 0. The fourth-order valence-electron chi connectivity index (χ4n) is 4.26. The van der Waals surface area contributed by atoms with Gasteiger partial charge < -0.3 is 0 Å². The third kappa shape index (κ3) is 3.86. The minimum absolute atomic E-state index is 0.653. The van der Waals surface area contributed by atoms with Crippen LogP contribution in [0.3, 0.4) is 0 Å². The molecule has 0 aliphatic rings. The fourth-order valence-corrected chi connectivity index (χ4v) is 4.26. The lowest BCUT2D eigenvalue weighted by molar-refractivity contribution is 0.503. The van der Waals surface area contributed by atoms with Gasteiger partial charge in [0.1, 0.15) is 0 Å². The van der Waals surface area contributed by atoms with Gasteiger partial charge in [-0.15, -0.1) is 0 Å². The first-order valence-corrected chi connectivity index (χ1v) is 9.11. The molecule has 2 aromatic carbocycles. The molecule has 0 heterocycles. The Hall–Kier alpha value is -1.56. The van der Waals surface area contributed by atoms with Gasteiger partial charge in [0.15, 0.2) is 0 Å². The molecule has 2 aromatic rings. The van der Waals surface area contributed by atoms with E-state index in [1.807, 2.05) is 0 Å². The van der Waals surface area contributed by atoms with Crippen LogP contribution in [0.15, 0.2) is 36.4 Å². The summed E-state index contributed by atoms with van der Waals surface area (Å²) in [5, 5.41) is 0. The first kappa shape index (κ1) is 17.8. The van der Waals surface area contributed by atoms with E-state index in [-0.39, 0.29) is 0 Å². The molecule has 0 aromatic heterocycles. The maximum atomic E-state index is 2.34. The van der Waals surface area contributed by atoms with E-state index in [9.17, 15) is 0 Å². The molecule has 0 nitrogen and oxygen atoms in total. The van der Waals surface area contributed by atoms with Gasteiger partial charge in [0.05, 0.1) is 0 Å². The van der Waals surface area contributed by atoms with Gasteiger partial charge in [-0.3, -0.25) is 0 Å². The molecule has 0 bridgehead atoms. The molecule has 2 atom stereocenters. The molecule has 0 aliphatic carbocycles. The number of hydrogen-bond acceptors (Lipinski definition) is 0. The number of rotatable bonds is 6. The molecule has 0 amide bonds. The summed E-state index contributed by atoms with van der Waals surface area (Å²) in [7, 11) is 0. The SMILES string of the molecule is CCC(CC(CC)c1c(C)cccc1C)c1c(C)cccc1C. The van der Waals surface area contributed by atoms with E-state index in [1.165, 1.54) is 41.5 Å². The van der Waals surface area contributed by atoms with Crippen molar-refractivity contribution in [3.63, 3.8) is 0 Å². The van der Waals surface area contributed by atoms with Crippen LogP contribution in [0.5, 0.6) is 0 Å².